The third-order valence-corrected chi connectivity index (χ3v) is 4.35. The normalized spacial score (nSPS) is 11.7. The molecule has 0 bridgehead atoms. The smallest absolute Gasteiger partial charge is 0.110 e. The van der Waals surface area contributed by atoms with E-state index < -0.39 is 0 Å². The van der Waals surface area contributed by atoms with E-state index in [0.29, 0.717) is 5.88 Å². The number of rotatable bonds is 2. The summed E-state index contributed by atoms with van der Waals surface area (Å²) in [7, 11) is 0. The number of hydrogen-bond donors (Lipinski definition) is 0. The van der Waals surface area contributed by atoms with Gasteiger partial charge in [-0.15, -0.1) is 11.6 Å². The monoisotopic (exact) mass is 306 g/mol. The number of aromatic nitrogens is 2. The van der Waals surface area contributed by atoms with Gasteiger partial charge < -0.3 is 0 Å². The number of halogens is 2. The standard InChI is InChI=1S/C16H16Cl2N2/c1-9-10(2)19-11(3)20-15-5-4-12(18)8-14(15)13(6-7-17)16(9)20/h4-5,8H,6-7H2,1-3H3. The molecule has 0 radical (unpaired) electrons. The summed E-state index contributed by atoms with van der Waals surface area (Å²) in [6.45, 7) is 6.21. The van der Waals surface area contributed by atoms with Gasteiger partial charge in [-0.25, -0.2) is 4.98 Å². The topological polar surface area (TPSA) is 17.3 Å². The summed E-state index contributed by atoms with van der Waals surface area (Å²) in [5, 5.41) is 1.93. The second kappa shape index (κ2) is 4.94. The van der Waals surface area contributed by atoms with Crippen LogP contribution in [0.3, 0.4) is 0 Å². The fraction of sp³-hybridized carbons (Fsp3) is 0.312. The molecule has 0 unspecified atom stereocenters. The summed E-state index contributed by atoms with van der Waals surface area (Å²) in [5.74, 6) is 1.59. The number of alkyl halides is 1. The Balaban J connectivity index is 2.59. The van der Waals surface area contributed by atoms with Crippen molar-refractivity contribution >= 4 is 39.6 Å². The maximum absolute atomic E-state index is 6.17. The summed E-state index contributed by atoms with van der Waals surface area (Å²) in [6, 6.07) is 6.02. The van der Waals surface area contributed by atoms with Gasteiger partial charge in [-0.3, -0.25) is 4.40 Å². The van der Waals surface area contributed by atoms with Crippen LogP contribution in [0.15, 0.2) is 18.2 Å². The highest BCUT2D eigenvalue weighted by atomic mass is 35.5. The highest BCUT2D eigenvalue weighted by Gasteiger charge is 2.17. The maximum Gasteiger partial charge on any atom is 0.110 e. The first-order chi connectivity index (χ1) is 9.54. The minimum absolute atomic E-state index is 0.598. The molecule has 3 aromatic rings. The van der Waals surface area contributed by atoms with E-state index in [-0.39, 0.29) is 0 Å². The largest absolute Gasteiger partial charge is 0.297 e. The Hall–Kier alpha value is -1.25. The molecule has 4 heteroatoms. The number of aryl methyl sites for hydroxylation is 4. The van der Waals surface area contributed by atoms with Crippen molar-refractivity contribution in [1.82, 2.24) is 9.38 Å². The van der Waals surface area contributed by atoms with Crippen LogP contribution in [0.4, 0.5) is 0 Å². The van der Waals surface area contributed by atoms with Crippen LogP contribution in [0.25, 0.3) is 16.4 Å². The van der Waals surface area contributed by atoms with E-state index in [1.54, 1.807) is 0 Å². The first-order valence-corrected chi connectivity index (χ1v) is 7.58. The predicted molar refractivity (Wildman–Crippen MR) is 86.3 cm³/mol. The minimum atomic E-state index is 0.598. The Morgan fingerprint density at radius 3 is 2.65 bits per heavy atom. The summed E-state index contributed by atoms with van der Waals surface area (Å²) < 4.78 is 2.22. The Bertz CT molecular complexity index is 819. The van der Waals surface area contributed by atoms with E-state index >= 15 is 0 Å². The summed E-state index contributed by atoms with van der Waals surface area (Å²) in [6.07, 6.45) is 0.832. The van der Waals surface area contributed by atoms with Gasteiger partial charge in [0.15, 0.2) is 0 Å². The molecule has 0 N–H and O–H groups in total. The van der Waals surface area contributed by atoms with Gasteiger partial charge in [0.2, 0.25) is 0 Å². The summed E-state index contributed by atoms with van der Waals surface area (Å²) in [5.41, 5.74) is 5.93. The number of fused-ring (bicyclic) bond motifs is 3. The lowest BCUT2D eigenvalue weighted by molar-refractivity contribution is 0.963. The van der Waals surface area contributed by atoms with Crippen LogP contribution in [-0.2, 0) is 6.42 Å². The Morgan fingerprint density at radius 1 is 1.20 bits per heavy atom. The van der Waals surface area contributed by atoms with Crippen LogP contribution in [-0.4, -0.2) is 15.3 Å². The van der Waals surface area contributed by atoms with E-state index in [1.165, 1.54) is 22.0 Å². The quantitative estimate of drug-likeness (QED) is 0.619. The summed E-state index contributed by atoms with van der Waals surface area (Å²) in [4.78, 5) is 4.64. The first kappa shape index (κ1) is 13.7. The van der Waals surface area contributed by atoms with Gasteiger partial charge in [-0.2, -0.15) is 0 Å². The third kappa shape index (κ3) is 1.90. The number of hydrogen-bond acceptors (Lipinski definition) is 1. The highest BCUT2D eigenvalue weighted by Crippen LogP contribution is 2.32. The third-order valence-electron chi connectivity index (χ3n) is 3.93. The van der Waals surface area contributed by atoms with Gasteiger partial charge in [-0.1, -0.05) is 11.6 Å². The Morgan fingerprint density at radius 2 is 1.95 bits per heavy atom. The van der Waals surface area contributed by atoms with Crippen LogP contribution in [0.2, 0.25) is 5.02 Å². The SMILES string of the molecule is Cc1nc(C)n2c(c1C)c(CCCl)c1cc(Cl)ccc12. The second-order valence-corrected chi connectivity index (χ2v) is 5.95. The van der Waals surface area contributed by atoms with Gasteiger partial charge >= 0.3 is 0 Å². The zero-order chi connectivity index (χ0) is 14.4. The van der Waals surface area contributed by atoms with Crippen LogP contribution >= 0.6 is 23.2 Å². The van der Waals surface area contributed by atoms with Crippen LogP contribution in [0, 0.1) is 20.8 Å². The highest BCUT2D eigenvalue weighted by molar-refractivity contribution is 6.31. The molecule has 0 amide bonds. The Labute approximate surface area is 128 Å². The molecule has 20 heavy (non-hydrogen) atoms. The molecule has 0 atom stereocenters. The van der Waals surface area contributed by atoms with Gasteiger partial charge in [0.25, 0.3) is 0 Å². The molecule has 0 fully saturated rings. The van der Waals surface area contributed by atoms with Crippen molar-refractivity contribution in [3.63, 3.8) is 0 Å². The fourth-order valence-corrected chi connectivity index (χ4v) is 3.31. The van der Waals surface area contributed by atoms with E-state index in [2.05, 4.69) is 29.3 Å². The van der Waals surface area contributed by atoms with Crippen molar-refractivity contribution in [2.45, 2.75) is 27.2 Å². The molecule has 1 aromatic carbocycles. The molecule has 0 saturated carbocycles. The van der Waals surface area contributed by atoms with E-state index in [4.69, 9.17) is 23.2 Å². The molecule has 2 nitrogen and oxygen atoms in total. The average molecular weight is 307 g/mol. The Kier molecular flexibility index (Phi) is 3.39. The maximum atomic E-state index is 6.17. The molecule has 3 rings (SSSR count). The van der Waals surface area contributed by atoms with Crippen molar-refractivity contribution in [2.24, 2.45) is 0 Å². The van der Waals surface area contributed by atoms with Crippen molar-refractivity contribution < 1.29 is 0 Å². The molecule has 104 valence electrons. The lowest BCUT2D eigenvalue weighted by atomic mass is 10.1. The number of benzene rings is 1. The lowest BCUT2D eigenvalue weighted by Gasteiger charge is -2.09. The molecule has 2 heterocycles. The van der Waals surface area contributed by atoms with E-state index in [0.717, 1.165) is 28.5 Å². The van der Waals surface area contributed by atoms with Crippen LogP contribution in [0.1, 0.15) is 22.6 Å². The van der Waals surface area contributed by atoms with E-state index in [9.17, 15) is 0 Å². The van der Waals surface area contributed by atoms with Gasteiger partial charge in [0.05, 0.1) is 11.0 Å². The molecule has 2 aromatic heterocycles. The predicted octanol–water partition coefficient (Wildman–Crippen LogP) is 4.85. The van der Waals surface area contributed by atoms with Crippen molar-refractivity contribution in [3.05, 3.63) is 45.9 Å². The first-order valence-electron chi connectivity index (χ1n) is 6.67. The van der Waals surface area contributed by atoms with Gasteiger partial charge in [-0.05, 0) is 56.5 Å². The molecule has 0 saturated heterocycles. The lowest BCUT2D eigenvalue weighted by Crippen LogP contribution is -2.01. The van der Waals surface area contributed by atoms with Gasteiger partial charge in [0, 0.05) is 22.0 Å². The molecular formula is C16H16Cl2N2. The minimum Gasteiger partial charge on any atom is -0.297 e. The van der Waals surface area contributed by atoms with E-state index in [1.807, 2.05) is 19.1 Å². The van der Waals surface area contributed by atoms with Crippen molar-refractivity contribution in [2.75, 3.05) is 5.88 Å². The van der Waals surface area contributed by atoms with Gasteiger partial charge in [0.1, 0.15) is 5.82 Å². The zero-order valence-electron chi connectivity index (χ0n) is 11.8. The van der Waals surface area contributed by atoms with Crippen LogP contribution < -0.4 is 0 Å². The fourth-order valence-electron chi connectivity index (χ4n) is 2.95. The number of nitrogens with zero attached hydrogens (tertiary/aromatic N) is 2. The van der Waals surface area contributed by atoms with Crippen LogP contribution in [0.5, 0.6) is 0 Å². The second-order valence-electron chi connectivity index (χ2n) is 5.13. The zero-order valence-corrected chi connectivity index (χ0v) is 13.3. The van der Waals surface area contributed by atoms with Crippen molar-refractivity contribution in [1.29, 1.82) is 0 Å². The molecule has 0 aliphatic carbocycles. The molecule has 0 aliphatic rings. The molecular weight excluding hydrogens is 291 g/mol. The summed E-state index contributed by atoms with van der Waals surface area (Å²) >= 11 is 12.2. The average Bonchev–Trinajstić information content (AvgIpc) is 2.71. The molecule has 0 spiro atoms. The molecule has 0 aliphatic heterocycles. The van der Waals surface area contributed by atoms with Crippen molar-refractivity contribution in [3.8, 4) is 0 Å².